The third-order valence-electron chi connectivity index (χ3n) is 4.71. The largest absolute Gasteiger partial charge is 0.547 e. The van der Waals surface area contributed by atoms with E-state index in [1.807, 2.05) is 23.3 Å². The summed E-state index contributed by atoms with van der Waals surface area (Å²) < 4.78 is 8.89. The van der Waals surface area contributed by atoms with Crippen LogP contribution in [-0.2, 0) is 9.53 Å². The molecule has 8 nitrogen and oxygen atoms in total. The Hall–Kier alpha value is -1.17. The summed E-state index contributed by atoms with van der Waals surface area (Å²) in [5.41, 5.74) is 2.15. The van der Waals surface area contributed by atoms with E-state index in [1.165, 1.54) is 10.1 Å². The number of aliphatic carboxylic acids is 1. The Morgan fingerprint density at radius 3 is 2.46 bits per heavy atom. The highest BCUT2D eigenvalue weighted by Crippen LogP contribution is 2.41. The molecule has 142 valence electrons. The highest BCUT2D eigenvalue weighted by Gasteiger charge is 2.50. The maximum Gasteiger partial charge on any atom is 0.292 e. The Balaban J connectivity index is 1.99. The van der Waals surface area contributed by atoms with Crippen LogP contribution in [0.3, 0.4) is 0 Å². The number of nitrogens with zero attached hydrogens (tertiary/aromatic N) is 2. The van der Waals surface area contributed by atoms with E-state index in [9.17, 15) is 25.2 Å². The lowest BCUT2D eigenvalue weighted by molar-refractivity contribution is -0.789. The number of carbonyl (C=O) groups excluding carboxylic acids is 1. The first-order valence-corrected chi connectivity index (χ1v) is 10.5. The van der Waals surface area contributed by atoms with Crippen LogP contribution in [0.4, 0.5) is 0 Å². The van der Waals surface area contributed by atoms with Gasteiger partial charge in [-0.25, -0.2) is 0 Å². The normalized spacial score (nSPS) is 34.1. The predicted octanol–water partition coefficient (Wildman–Crippen LogP) is -2.04. The van der Waals surface area contributed by atoms with Gasteiger partial charge in [-0.3, -0.25) is 0 Å². The van der Waals surface area contributed by atoms with Gasteiger partial charge in [0, 0.05) is 5.57 Å². The van der Waals surface area contributed by atoms with Crippen molar-refractivity contribution in [3.63, 3.8) is 0 Å². The van der Waals surface area contributed by atoms with E-state index in [-0.39, 0.29) is 5.25 Å². The zero-order valence-electron chi connectivity index (χ0n) is 14.5. The molecule has 26 heavy (non-hydrogen) atoms. The van der Waals surface area contributed by atoms with Crippen LogP contribution in [0.15, 0.2) is 24.2 Å². The molecule has 0 saturated carbocycles. The van der Waals surface area contributed by atoms with Gasteiger partial charge >= 0.3 is 0 Å². The first kappa shape index (κ1) is 19.6. The number of thioether (sulfide) groups is 2. The molecule has 2 aliphatic heterocycles. The second kappa shape index (κ2) is 7.45. The van der Waals surface area contributed by atoms with E-state index >= 15 is 0 Å². The Labute approximate surface area is 159 Å². The number of carbonyl (C=O) groups is 1. The second-order valence-corrected chi connectivity index (χ2v) is 7.95. The fraction of sp³-hybridized carbons (Fsp3) is 0.562. The third-order valence-corrected chi connectivity index (χ3v) is 6.68. The van der Waals surface area contributed by atoms with Crippen LogP contribution >= 0.6 is 23.5 Å². The lowest BCUT2D eigenvalue weighted by Gasteiger charge is -2.37. The molecule has 3 heterocycles. The van der Waals surface area contributed by atoms with Crippen molar-refractivity contribution in [2.45, 2.75) is 42.8 Å². The third kappa shape index (κ3) is 3.04. The molecule has 0 aliphatic carbocycles. The van der Waals surface area contributed by atoms with Crippen molar-refractivity contribution in [1.82, 2.24) is 0 Å². The highest BCUT2D eigenvalue weighted by atomic mass is 32.2. The molecule has 0 aromatic carbocycles. The second-order valence-electron chi connectivity index (χ2n) is 6.22. The lowest BCUT2D eigenvalue weighted by Crippen LogP contribution is -2.65. The molecule has 3 N–H and O–H groups in total. The van der Waals surface area contributed by atoms with Gasteiger partial charge in [-0.2, -0.15) is 4.57 Å². The van der Waals surface area contributed by atoms with Crippen molar-refractivity contribution in [3.05, 3.63) is 29.9 Å². The summed E-state index contributed by atoms with van der Waals surface area (Å²) >= 11 is 3.29. The number of fused-ring (bicyclic) bond motifs is 1. The number of ether oxygens (including phenoxy) is 1. The Morgan fingerprint density at radius 1 is 1.19 bits per heavy atom. The van der Waals surface area contributed by atoms with Gasteiger partial charge in [0.2, 0.25) is 23.6 Å². The van der Waals surface area contributed by atoms with Gasteiger partial charge in [-0.05, 0) is 19.4 Å². The minimum Gasteiger partial charge on any atom is -0.547 e. The summed E-state index contributed by atoms with van der Waals surface area (Å²) in [6.07, 6.45) is 1.39. The average Bonchev–Trinajstić information content (AvgIpc) is 2.89. The summed E-state index contributed by atoms with van der Waals surface area (Å²) in [6.45, 7) is 2.06. The van der Waals surface area contributed by atoms with Crippen LogP contribution in [-0.4, -0.2) is 58.2 Å². The Bertz CT molecular complexity index is 758. The number of hydrogen-bond donors (Lipinski definition) is 3. The first-order chi connectivity index (χ1) is 12.3. The van der Waals surface area contributed by atoms with E-state index in [0.29, 0.717) is 0 Å². The van der Waals surface area contributed by atoms with Gasteiger partial charge in [0.1, 0.15) is 23.6 Å². The molecular formula is C16H21N2O6S2+. The number of aliphatic hydroxyl groups excluding tert-OH is 3. The van der Waals surface area contributed by atoms with Gasteiger partial charge in [0.15, 0.2) is 6.10 Å². The molecule has 1 aromatic heterocycles. The van der Waals surface area contributed by atoms with Gasteiger partial charge in [0.05, 0.1) is 5.97 Å². The minimum absolute atomic E-state index is 0.109. The average molecular weight is 401 g/mol. The summed E-state index contributed by atoms with van der Waals surface area (Å²) in [6, 6.07) is 0. The summed E-state index contributed by atoms with van der Waals surface area (Å²) in [4.78, 5) is 11.2. The fourth-order valence-corrected chi connectivity index (χ4v) is 5.17. The van der Waals surface area contributed by atoms with E-state index in [4.69, 9.17) is 4.74 Å². The van der Waals surface area contributed by atoms with E-state index in [1.54, 1.807) is 35.9 Å². The van der Waals surface area contributed by atoms with Crippen LogP contribution in [0.25, 0.3) is 5.03 Å². The molecule has 1 saturated heterocycles. The summed E-state index contributed by atoms with van der Waals surface area (Å²) in [5.74, 6) is -1.64. The van der Waals surface area contributed by atoms with Crippen molar-refractivity contribution in [2.75, 3.05) is 12.5 Å². The molecule has 10 heteroatoms. The maximum atomic E-state index is 11.2. The molecule has 1 aromatic rings. The molecule has 0 spiro atoms. The quantitative estimate of drug-likeness (QED) is 0.494. The molecular weight excluding hydrogens is 380 g/mol. The lowest BCUT2D eigenvalue weighted by atomic mass is 9.98. The van der Waals surface area contributed by atoms with Crippen molar-refractivity contribution < 1.29 is 39.1 Å². The number of carboxylic acid groups (broad SMARTS) is 1. The van der Waals surface area contributed by atoms with Gasteiger partial charge in [-0.1, -0.05) is 11.8 Å². The molecule has 6 unspecified atom stereocenters. The minimum atomic E-state index is -1.76. The Kier molecular flexibility index (Phi) is 5.61. The molecule has 2 aliphatic rings. The van der Waals surface area contributed by atoms with Crippen molar-refractivity contribution in [1.29, 1.82) is 0 Å². The van der Waals surface area contributed by atoms with Crippen molar-refractivity contribution in [3.8, 4) is 0 Å². The Morgan fingerprint density at radius 2 is 1.88 bits per heavy atom. The van der Waals surface area contributed by atoms with Gasteiger partial charge in [-0.15, -0.1) is 16.3 Å². The predicted molar refractivity (Wildman–Crippen MR) is 92.4 cm³/mol. The van der Waals surface area contributed by atoms with Crippen molar-refractivity contribution in [2.24, 2.45) is 0 Å². The molecule has 3 rings (SSSR count). The first-order valence-electron chi connectivity index (χ1n) is 7.96. The number of hydrogen-bond acceptors (Lipinski definition) is 8. The van der Waals surface area contributed by atoms with Gasteiger partial charge in [0.25, 0.3) is 11.9 Å². The number of aromatic nitrogens is 2. The van der Waals surface area contributed by atoms with Crippen LogP contribution in [0.2, 0.25) is 0 Å². The number of carboxylic acids is 1. The maximum absolute atomic E-state index is 11.2. The van der Waals surface area contributed by atoms with E-state index in [0.717, 1.165) is 10.7 Å². The monoisotopic (exact) mass is 401 g/mol. The molecule has 0 radical (unpaired) electrons. The van der Waals surface area contributed by atoms with Crippen LogP contribution in [0, 0.1) is 0 Å². The SMILES string of the molecule is CSC1=C(C)C(SC)c2c[n+](C3OC(C(=O)[O-])C(O)C(O)C3O)cc[n+]21. The molecule has 6 atom stereocenters. The van der Waals surface area contributed by atoms with Crippen molar-refractivity contribution >= 4 is 34.5 Å². The molecule has 0 bridgehead atoms. The molecule has 1 fully saturated rings. The topological polar surface area (TPSA) is 118 Å². The standard InChI is InChI=1S/C16H21N2O6S2/c1-7-13(25-2)8-6-17(4-5-18(8)15(7)26-3)14-11(21)9(19)10(20)12(24-14)16(22)23/h4-6,9-14,19-21H,1-3H3/q+1. The zero-order chi connectivity index (χ0) is 19.2. The summed E-state index contributed by atoms with van der Waals surface area (Å²) in [5, 5.41) is 42.5. The smallest absolute Gasteiger partial charge is 0.292 e. The van der Waals surface area contributed by atoms with Crippen LogP contribution in [0.5, 0.6) is 0 Å². The number of rotatable bonds is 4. The highest BCUT2D eigenvalue weighted by molar-refractivity contribution is 8.07. The van der Waals surface area contributed by atoms with Crippen LogP contribution in [0.1, 0.15) is 24.1 Å². The zero-order valence-corrected chi connectivity index (χ0v) is 16.1. The summed E-state index contributed by atoms with van der Waals surface area (Å²) in [7, 11) is 0. The fourth-order valence-electron chi connectivity index (χ4n) is 3.41. The van der Waals surface area contributed by atoms with E-state index in [2.05, 4.69) is 6.92 Å². The number of aliphatic hydroxyl groups is 3. The molecule has 0 amide bonds. The van der Waals surface area contributed by atoms with Crippen LogP contribution < -0.4 is 14.2 Å². The van der Waals surface area contributed by atoms with E-state index < -0.39 is 36.6 Å². The van der Waals surface area contributed by atoms with Gasteiger partial charge < -0.3 is 30.0 Å².